The van der Waals surface area contributed by atoms with E-state index in [0.29, 0.717) is 5.02 Å². The standard InChI is InChI=1S/C11H9ClN2O4S/c12-6-1-2-8(15)7(3-6)13-9(16)4-14-10(17)5-19-11(14)18/h1-3,15H,4-5H2,(H,13,16). The molecule has 1 fully saturated rings. The summed E-state index contributed by atoms with van der Waals surface area (Å²) in [5.74, 6) is -1.08. The van der Waals surface area contributed by atoms with Gasteiger partial charge in [-0.15, -0.1) is 0 Å². The van der Waals surface area contributed by atoms with Crippen molar-refractivity contribution in [3.05, 3.63) is 23.2 Å². The number of aromatic hydroxyl groups is 1. The summed E-state index contributed by atoms with van der Waals surface area (Å²) in [6.07, 6.45) is 0. The van der Waals surface area contributed by atoms with E-state index >= 15 is 0 Å². The van der Waals surface area contributed by atoms with Gasteiger partial charge in [0, 0.05) is 5.02 Å². The van der Waals surface area contributed by atoms with Crippen LogP contribution in [-0.2, 0) is 9.59 Å². The molecule has 1 aliphatic rings. The highest BCUT2D eigenvalue weighted by atomic mass is 35.5. The van der Waals surface area contributed by atoms with Crippen molar-refractivity contribution in [3.8, 4) is 5.75 Å². The van der Waals surface area contributed by atoms with Crippen LogP contribution in [0, 0.1) is 0 Å². The fraction of sp³-hybridized carbons (Fsp3) is 0.182. The number of anilines is 1. The molecule has 19 heavy (non-hydrogen) atoms. The molecule has 6 nitrogen and oxygen atoms in total. The molecule has 0 radical (unpaired) electrons. The molecule has 0 aliphatic carbocycles. The van der Waals surface area contributed by atoms with Crippen molar-refractivity contribution in [2.24, 2.45) is 0 Å². The van der Waals surface area contributed by atoms with E-state index in [4.69, 9.17) is 11.6 Å². The van der Waals surface area contributed by atoms with Crippen LogP contribution in [-0.4, -0.2) is 39.4 Å². The lowest BCUT2D eigenvalue weighted by Gasteiger charge is -2.13. The number of halogens is 1. The number of amides is 3. The Morgan fingerprint density at radius 2 is 2.21 bits per heavy atom. The Morgan fingerprint density at radius 3 is 2.84 bits per heavy atom. The number of hydrogen-bond donors (Lipinski definition) is 2. The van der Waals surface area contributed by atoms with Crippen molar-refractivity contribution in [2.45, 2.75) is 0 Å². The summed E-state index contributed by atoms with van der Waals surface area (Å²) in [7, 11) is 0. The highest BCUT2D eigenvalue weighted by Gasteiger charge is 2.31. The second-order valence-electron chi connectivity index (χ2n) is 3.74. The lowest BCUT2D eigenvalue weighted by molar-refractivity contribution is -0.128. The predicted octanol–water partition coefficient (Wildman–Crippen LogP) is 1.68. The highest BCUT2D eigenvalue weighted by molar-refractivity contribution is 8.14. The van der Waals surface area contributed by atoms with Gasteiger partial charge in [-0.05, 0) is 18.2 Å². The quantitative estimate of drug-likeness (QED) is 0.829. The Labute approximate surface area is 117 Å². The molecular formula is C11H9ClN2O4S. The smallest absolute Gasteiger partial charge is 0.289 e. The number of benzene rings is 1. The zero-order valence-electron chi connectivity index (χ0n) is 9.55. The maximum Gasteiger partial charge on any atom is 0.289 e. The Hall–Kier alpha value is -1.73. The number of hydrogen-bond acceptors (Lipinski definition) is 5. The number of carbonyl (C=O) groups is 3. The van der Waals surface area contributed by atoms with Crippen LogP contribution < -0.4 is 5.32 Å². The molecule has 0 bridgehead atoms. The molecule has 0 unspecified atom stereocenters. The van der Waals surface area contributed by atoms with Crippen molar-refractivity contribution >= 4 is 46.1 Å². The van der Waals surface area contributed by atoms with Gasteiger partial charge in [0.05, 0.1) is 11.4 Å². The molecular weight excluding hydrogens is 292 g/mol. The van der Waals surface area contributed by atoms with Crippen molar-refractivity contribution < 1.29 is 19.5 Å². The fourth-order valence-corrected chi connectivity index (χ4v) is 2.37. The van der Waals surface area contributed by atoms with Crippen LogP contribution in [0.2, 0.25) is 5.02 Å². The first-order valence-electron chi connectivity index (χ1n) is 5.23. The third-order valence-electron chi connectivity index (χ3n) is 2.37. The van der Waals surface area contributed by atoms with E-state index in [-0.39, 0.29) is 23.7 Å². The summed E-state index contributed by atoms with van der Waals surface area (Å²) < 4.78 is 0. The molecule has 1 heterocycles. The van der Waals surface area contributed by atoms with Crippen LogP contribution in [0.15, 0.2) is 18.2 Å². The first kappa shape index (κ1) is 13.7. The number of thioether (sulfide) groups is 1. The molecule has 1 aromatic rings. The molecule has 1 aliphatic heterocycles. The van der Waals surface area contributed by atoms with Crippen LogP contribution in [0.25, 0.3) is 0 Å². The first-order valence-corrected chi connectivity index (χ1v) is 6.59. The number of imide groups is 1. The third-order valence-corrected chi connectivity index (χ3v) is 3.47. The van der Waals surface area contributed by atoms with Crippen LogP contribution in [0.5, 0.6) is 5.75 Å². The summed E-state index contributed by atoms with van der Waals surface area (Å²) in [4.78, 5) is 35.2. The van der Waals surface area contributed by atoms with Gasteiger partial charge < -0.3 is 10.4 Å². The summed E-state index contributed by atoms with van der Waals surface area (Å²) in [6.45, 7) is -0.378. The van der Waals surface area contributed by atoms with Gasteiger partial charge in [-0.25, -0.2) is 0 Å². The van der Waals surface area contributed by atoms with Crippen molar-refractivity contribution in [1.82, 2.24) is 4.90 Å². The van der Waals surface area contributed by atoms with Crippen LogP contribution >= 0.6 is 23.4 Å². The number of rotatable bonds is 3. The van der Waals surface area contributed by atoms with Crippen molar-refractivity contribution in [1.29, 1.82) is 0 Å². The van der Waals surface area contributed by atoms with E-state index in [0.717, 1.165) is 16.7 Å². The van der Waals surface area contributed by atoms with Gasteiger partial charge in [0.2, 0.25) is 11.8 Å². The van der Waals surface area contributed by atoms with Gasteiger partial charge in [0.1, 0.15) is 12.3 Å². The summed E-state index contributed by atoms with van der Waals surface area (Å²) in [5, 5.41) is 11.8. The third kappa shape index (κ3) is 3.18. The Morgan fingerprint density at radius 1 is 1.47 bits per heavy atom. The summed E-state index contributed by atoms with van der Waals surface area (Å²) >= 11 is 6.59. The molecule has 100 valence electrons. The molecule has 0 atom stereocenters. The molecule has 1 saturated heterocycles. The van der Waals surface area contributed by atoms with E-state index in [1.807, 2.05) is 0 Å². The zero-order chi connectivity index (χ0) is 14.0. The van der Waals surface area contributed by atoms with Crippen molar-refractivity contribution in [2.75, 3.05) is 17.6 Å². The fourth-order valence-electron chi connectivity index (χ4n) is 1.48. The molecule has 0 aromatic heterocycles. The number of carbonyl (C=O) groups excluding carboxylic acids is 3. The van der Waals surface area contributed by atoms with Crippen LogP contribution in [0.3, 0.4) is 0 Å². The maximum atomic E-state index is 11.7. The summed E-state index contributed by atoms with van der Waals surface area (Å²) in [6, 6.07) is 4.17. The maximum absolute atomic E-state index is 11.7. The topological polar surface area (TPSA) is 86.7 Å². The highest BCUT2D eigenvalue weighted by Crippen LogP contribution is 2.26. The molecule has 0 spiro atoms. The molecule has 1 aromatic carbocycles. The Balaban J connectivity index is 2.03. The van der Waals surface area contributed by atoms with Gasteiger partial charge in [0.25, 0.3) is 5.24 Å². The molecule has 3 amide bonds. The monoisotopic (exact) mass is 300 g/mol. The van der Waals surface area contributed by atoms with Gasteiger partial charge >= 0.3 is 0 Å². The van der Waals surface area contributed by atoms with E-state index in [9.17, 15) is 19.5 Å². The molecule has 2 rings (SSSR count). The van der Waals surface area contributed by atoms with Gasteiger partial charge in [0.15, 0.2) is 0 Å². The second-order valence-corrected chi connectivity index (χ2v) is 5.11. The average molecular weight is 301 g/mol. The van der Waals surface area contributed by atoms with Gasteiger partial charge in [-0.3, -0.25) is 19.3 Å². The van der Waals surface area contributed by atoms with E-state index in [1.54, 1.807) is 0 Å². The second kappa shape index (κ2) is 5.50. The lowest BCUT2D eigenvalue weighted by atomic mass is 10.3. The predicted molar refractivity (Wildman–Crippen MR) is 71.3 cm³/mol. The Kier molecular flexibility index (Phi) is 3.96. The normalized spacial score (nSPS) is 14.9. The van der Waals surface area contributed by atoms with E-state index < -0.39 is 17.1 Å². The number of phenolic OH excluding ortho intramolecular Hbond substituents is 1. The minimum Gasteiger partial charge on any atom is -0.506 e. The summed E-state index contributed by atoms with van der Waals surface area (Å²) in [5.41, 5.74) is 0.129. The van der Waals surface area contributed by atoms with Gasteiger partial charge in [-0.2, -0.15) is 0 Å². The average Bonchev–Trinajstić information content (AvgIpc) is 2.65. The number of nitrogens with zero attached hydrogens (tertiary/aromatic N) is 1. The van der Waals surface area contributed by atoms with E-state index in [1.165, 1.54) is 18.2 Å². The SMILES string of the molecule is O=C(CN1C(=O)CSC1=O)Nc1cc(Cl)ccc1O. The molecule has 0 saturated carbocycles. The minimum absolute atomic E-state index is 0.0501. The van der Waals surface area contributed by atoms with Gasteiger partial charge in [-0.1, -0.05) is 23.4 Å². The number of phenols is 1. The Bertz CT molecular complexity index is 548. The van der Waals surface area contributed by atoms with E-state index in [2.05, 4.69) is 5.32 Å². The first-order chi connectivity index (χ1) is 8.97. The lowest BCUT2D eigenvalue weighted by Crippen LogP contribution is -2.36. The van der Waals surface area contributed by atoms with Crippen LogP contribution in [0.4, 0.5) is 10.5 Å². The molecule has 2 N–H and O–H groups in total. The molecule has 8 heteroatoms. The minimum atomic E-state index is -0.582. The van der Waals surface area contributed by atoms with Crippen LogP contribution in [0.1, 0.15) is 0 Å². The zero-order valence-corrected chi connectivity index (χ0v) is 11.1. The number of nitrogens with one attached hydrogen (secondary N) is 1. The van der Waals surface area contributed by atoms with Crippen molar-refractivity contribution in [3.63, 3.8) is 0 Å². The largest absolute Gasteiger partial charge is 0.506 e.